The molecule has 7 nitrogen and oxygen atoms in total. The molecule has 0 amide bonds. The minimum atomic E-state index is -0.553. The molecule has 7 heteroatoms. The first-order valence-corrected chi connectivity index (χ1v) is 7.22. The standard InChI is InChI=1S/C15H17N3O4/c1-20-12-6-9(2-3-16-12)15-17-4-5-18(15)10-7-21-14-11(19)8-22-13(10)14/h2-6,10-11,13-14,19H,7-8H2,1H3/t10-,11-,13-,14-/m1/s1. The number of pyridine rings is 1. The molecule has 0 aromatic carbocycles. The van der Waals surface area contributed by atoms with Gasteiger partial charge in [0.1, 0.15) is 24.1 Å². The van der Waals surface area contributed by atoms with Crippen molar-refractivity contribution in [3.63, 3.8) is 0 Å². The fraction of sp³-hybridized carbons (Fsp3) is 0.467. The molecule has 2 saturated heterocycles. The number of rotatable bonds is 3. The summed E-state index contributed by atoms with van der Waals surface area (Å²) in [6.07, 6.45) is 4.40. The number of hydrogen-bond donors (Lipinski definition) is 1. The SMILES string of the molecule is COc1cc(-c2nccn2[C@@H]2CO[C@H]3[C@@H]2OC[C@H]3O)ccn1. The van der Waals surface area contributed by atoms with Gasteiger partial charge in [-0.3, -0.25) is 0 Å². The molecule has 2 aliphatic heterocycles. The summed E-state index contributed by atoms with van der Waals surface area (Å²) < 4.78 is 18.6. The van der Waals surface area contributed by atoms with Crippen LogP contribution in [0.25, 0.3) is 11.4 Å². The van der Waals surface area contributed by atoms with Gasteiger partial charge in [-0.15, -0.1) is 0 Å². The van der Waals surface area contributed by atoms with Gasteiger partial charge >= 0.3 is 0 Å². The molecule has 22 heavy (non-hydrogen) atoms. The van der Waals surface area contributed by atoms with E-state index in [-0.39, 0.29) is 18.2 Å². The van der Waals surface area contributed by atoms with Crippen molar-refractivity contribution in [1.29, 1.82) is 0 Å². The third kappa shape index (κ3) is 2.09. The first kappa shape index (κ1) is 13.7. The zero-order chi connectivity index (χ0) is 15.1. The van der Waals surface area contributed by atoms with Crippen molar-refractivity contribution < 1.29 is 19.3 Å². The largest absolute Gasteiger partial charge is 0.481 e. The van der Waals surface area contributed by atoms with Crippen LogP contribution in [0, 0.1) is 0 Å². The Morgan fingerprint density at radius 3 is 2.95 bits per heavy atom. The lowest BCUT2D eigenvalue weighted by atomic mass is 10.1. The summed E-state index contributed by atoms with van der Waals surface area (Å²) in [7, 11) is 1.59. The van der Waals surface area contributed by atoms with Crippen LogP contribution in [0.1, 0.15) is 6.04 Å². The quantitative estimate of drug-likeness (QED) is 0.897. The van der Waals surface area contributed by atoms with E-state index < -0.39 is 6.10 Å². The summed E-state index contributed by atoms with van der Waals surface area (Å²) >= 11 is 0. The summed E-state index contributed by atoms with van der Waals surface area (Å²) in [6.45, 7) is 0.816. The van der Waals surface area contributed by atoms with Crippen molar-refractivity contribution in [1.82, 2.24) is 14.5 Å². The Kier molecular flexibility index (Phi) is 3.33. The van der Waals surface area contributed by atoms with Gasteiger partial charge in [-0.1, -0.05) is 0 Å². The molecule has 0 aliphatic carbocycles. The number of nitrogens with zero attached hydrogens (tertiary/aromatic N) is 3. The summed E-state index contributed by atoms with van der Waals surface area (Å²) in [5.74, 6) is 1.35. The molecule has 2 aromatic heterocycles. The van der Waals surface area contributed by atoms with Crippen LogP contribution in [-0.4, -0.2) is 58.3 Å². The van der Waals surface area contributed by atoms with Crippen molar-refractivity contribution in [3.05, 3.63) is 30.7 Å². The van der Waals surface area contributed by atoms with Gasteiger partial charge in [-0.2, -0.15) is 0 Å². The zero-order valence-electron chi connectivity index (χ0n) is 12.1. The molecule has 0 saturated carbocycles. The second kappa shape index (κ2) is 5.35. The first-order chi connectivity index (χ1) is 10.8. The molecule has 2 aliphatic rings. The van der Waals surface area contributed by atoms with E-state index in [1.807, 2.05) is 22.9 Å². The molecule has 0 radical (unpaired) electrons. The minimum Gasteiger partial charge on any atom is -0.481 e. The molecule has 2 fully saturated rings. The number of methoxy groups -OCH3 is 1. The highest BCUT2D eigenvalue weighted by molar-refractivity contribution is 5.56. The Bertz CT molecular complexity index is 674. The normalized spacial score (nSPS) is 30.5. The van der Waals surface area contributed by atoms with Crippen molar-refractivity contribution in [3.8, 4) is 17.3 Å². The molecule has 4 atom stereocenters. The maximum Gasteiger partial charge on any atom is 0.213 e. The second-order valence-electron chi connectivity index (χ2n) is 5.48. The van der Waals surface area contributed by atoms with Crippen molar-refractivity contribution >= 4 is 0 Å². The monoisotopic (exact) mass is 303 g/mol. The van der Waals surface area contributed by atoms with Crippen LogP contribution >= 0.6 is 0 Å². The third-order valence-corrected chi connectivity index (χ3v) is 4.23. The molecule has 4 rings (SSSR count). The van der Waals surface area contributed by atoms with Gasteiger partial charge in [0.2, 0.25) is 5.88 Å². The van der Waals surface area contributed by atoms with E-state index in [1.54, 1.807) is 19.5 Å². The smallest absolute Gasteiger partial charge is 0.213 e. The van der Waals surface area contributed by atoms with E-state index in [9.17, 15) is 5.11 Å². The highest BCUT2D eigenvalue weighted by Gasteiger charge is 2.48. The Balaban J connectivity index is 1.68. The van der Waals surface area contributed by atoms with Crippen LogP contribution < -0.4 is 4.74 Å². The molecule has 116 valence electrons. The second-order valence-corrected chi connectivity index (χ2v) is 5.48. The molecule has 0 spiro atoms. The maximum absolute atomic E-state index is 9.87. The molecule has 4 heterocycles. The van der Waals surface area contributed by atoms with Gasteiger partial charge in [0, 0.05) is 30.2 Å². The van der Waals surface area contributed by atoms with Crippen molar-refractivity contribution in [2.75, 3.05) is 20.3 Å². The van der Waals surface area contributed by atoms with Crippen LogP contribution in [0.15, 0.2) is 30.7 Å². The summed E-state index contributed by atoms with van der Waals surface area (Å²) in [6, 6.07) is 3.73. The van der Waals surface area contributed by atoms with Crippen molar-refractivity contribution in [2.45, 2.75) is 24.4 Å². The Hall–Kier alpha value is -1.96. The van der Waals surface area contributed by atoms with Crippen LogP contribution in [0.3, 0.4) is 0 Å². The van der Waals surface area contributed by atoms with Crippen LogP contribution in [0.5, 0.6) is 5.88 Å². The lowest BCUT2D eigenvalue weighted by molar-refractivity contribution is 0.0172. The number of ether oxygens (including phenoxy) is 3. The highest BCUT2D eigenvalue weighted by atomic mass is 16.6. The Morgan fingerprint density at radius 2 is 2.09 bits per heavy atom. The predicted molar refractivity (Wildman–Crippen MR) is 76.5 cm³/mol. The first-order valence-electron chi connectivity index (χ1n) is 7.22. The zero-order valence-corrected chi connectivity index (χ0v) is 12.1. The number of aliphatic hydroxyl groups is 1. The molecular weight excluding hydrogens is 286 g/mol. The average Bonchev–Trinajstić information content (AvgIpc) is 3.25. The molecule has 0 bridgehead atoms. The number of hydrogen-bond acceptors (Lipinski definition) is 6. The van der Waals surface area contributed by atoms with Crippen molar-refractivity contribution in [2.24, 2.45) is 0 Å². The molecular formula is C15H17N3O4. The van der Waals surface area contributed by atoms with E-state index in [2.05, 4.69) is 9.97 Å². The molecule has 0 unspecified atom stereocenters. The van der Waals surface area contributed by atoms with Gasteiger partial charge < -0.3 is 23.9 Å². The number of aromatic nitrogens is 3. The molecule has 2 aromatic rings. The number of imidazole rings is 1. The van der Waals surface area contributed by atoms with Crippen LogP contribution in [-0.2, 0) is 9.47 Å². The third-order valence-electron chi connectivity index (χ3n) is 4.23. The lowest BCUT2D eigenvalue weighted by Gasteiger charge is -2.19. The van der Waals surface area contributed by atoms with Gasteiger partial charge in [0.25, 0.3) is 0 Å². The molecule has 1 N–H and O–H groups in total. The van der Waals surface area contributed by atoms with E-state index in [4.69, 9.17) is 14.2 Å². The summed E-state index contributed by atoms with van der Waals surface area (Å²) in [4.78, 5) is 8.56. The van der Waals surface area contributed by atoms with Gasteiger partial charge in [0.15, 0.2) is 0 Å². The minimum absolute atomic E-state index is 0.00110. The van der Waals surface area contributed by atoms with Gasteiger partial charge in [0.05, 0.1) is 26.4 Å². The Labute approximate surface area is 127 Å². The lowest BCUT2D eigenvalue weighted by Crippen LogP contribution is -2.30. The van der Waals surface area contributed by atoms with Gasteiger partial charge in [-0.25, -0.2) is 9.97 Å². The van der Waals surface area contributed by atoms with Gasteiger partial charge in [-0.05, 0) is 6.07 Å². The van der Waals surface area contributed by atoms with E-state index in [1.165, 1.54) is 0 Å². The van der Waals surface area contributed by atoms with E-state index in [0.29, 0.717) is 19.1 Å². The highest BCUT2D eigenvalue weighted by Crippen LogP contribution is 2.36. The fourth-order valence-corrected chi connectivity index (χ4v) is 3.16. The van der Waals surface area contributed by atoms with E-state index >= 15 is 0 Å². The number of fused-ring (bicyclic) bond motifs is 1. The summed E-state index contributed by atoms with van der Waals surface area (Å²) in [5, 5.41) is 9.87. The summed E-state index contributed by atoms with van der Waals surface area (Å²) in [5.41, 5.74) is 0.916. The fourth-order valence-electron chi connectivity index (χ4n) is 3.16. The topological polar surface area (TPSA) is 78.6 Å². The maximum atomic E-state index is 9.87. The number of aliphatic hydroxyl groups excluding tert-OH is 1. The van der Waals surface area contributed by atoms with Crippen LogP contribution in [0.4, 0.5) is 0 Å². The van der Waals surface area contributed by atoms with Crippen LogP contribution in [0.2, 0.25) is 0 Å². The van der Waals surface area contributed by atoms with E-state index in [0.717, 1.165) is 11.4 Å². The Morgan fingerprint density at radius 1 is 1.23 bits per heavy atom. The predicted octanol–water partition coefficient (Wildman–Crippen LogP) is 0.653. The average molecular weight is 303 g/mol.